The topological polar surface area (TPSA) is 72.6 Å². The van der Waals surface area contributed by atoms with E-state index in [1.54, 1.807) is 58.5 Å². The molecule has 0 fully saturated rings. The Labute approximate surface area is 201 Å². The number of benzene rings is 2. The molecule has 174 valence electrons. The minimum absolute atomic E-state index is 0.198. The van der Waals surface area contributed by atoms with E-state index in [0.29, 0.717) is 36.8 Å². The lowest BCUT2D eigenvalue weighted by atomic mass is 10.1. The second-order valence-corrected chi connectivity index (χ2v) is 8.03. The molecule has 3 heterocycles. The molecule has 0 unspecified atom stereocenters. The number of carbonyl (C=O) groups excluding carboxylic acids is 1. The molecule has 0 aliphatic rings. The van der Waals surface area contributed by atoms with Crippen molar-refractivity contribution in [2.75, 3.05) is 0 Å². The number of hydrogen-bond acceptors (Lipinski definition) is 5. The Morgan fingerprint density at radius 3 is 2.43 bits per heavy atom. The molecule has 0 saturated heterocycles. The summed E-state index contributed by atoms with van der Waals surface area (Å²) in [5.74, 6) is 0.217. The number of nitrogens with zero attached hydrogens (tertiary/aromatic N) is 5. The Balaban J connectivity index is 1.31. The number of halogens is 1. The first-order valence-corrected chi connectivity index (χ1v) is 11.1. The Bertz CT molecular complexity index is 1390. The van der Waals surface area contributed by atoms with Gasteiger partial charge in [-0.1, -0.05) is 30.3 Å². The van der Waals surface area contributed by atoms with Gasteiger partial charge in [-0.25, -0.2) is 13.9 Å². The number of aromatic nitrogens is 4. The highest BCUT2D eigenvalue weighted by molar-refractivity contribution is 5.93. The molecule has 0 atom stereocenters. The molecule has 5 aromatic rings. The molecule has 3 aromatic heterocycles. The maximum Gasteiger partial charge on any atom is 0.275 e. The summed E-state index contributed by atoms with van der Waals surface area (Å²) in [6.45, 7) is 1.11. The van der Waals surface area contributed by atoms with Crippen LogP contribution in [0.4, 0.5) is 4.39 Å². The van der Waals surface area contributed by atoms with Crippen molar-refractivity contribution in [2.24, 2.45) is 0 Å². The lowest BCUT2D eigenvalue weighted by Gasteiger charge is -2.22. The summed E-state index contributed by atoms with van der Waals surface area (Å²) in [4.78, 5) is 23.6. The van der Waals surface area contributed by atoms with Crippen LogP contribution in [0.3, 0.4) is 0 Å². The van der Waals surface area contributed by atoms with Gasteiger partial charge in [0, 0.05) is 43.9 Å². The van der Waals surface area contributed by atoms with Gasteiger partial charge in [-0.15, -0.1) is 0 Å². The number of rotatable bonds is 8. The minimum Gasteiger partial charge on any atom is -0.489 e. The van der Waals surface area contributed by atoms with Gasteiger partial charge in [-0.3, -0.25) is 9.78 Å². The van der Waals surface area contributed by atoms with Gasteiger partial charge in [0.05, 0.1) is 0 Å². The number of hydrogen-bond donors (Lipinski definition) is 0. The zero-order valence-electron chi connectivity index (χ0n) is 18.8. The van der Waals surface area contributed by atoms with Crippen LogP contribution in [0.15, 0.2) is 97.6 Å². The fourth-order valence-electron chi connectivity index (χ4n) is 3.67. The molecule has 1 amide bonds. The molecule has 2 aromatic carbocycles. The first-order chi connectivity index (χ1) is 17.1. The summed E-state index contributed by atoms with van der Waals surface area (Å²) in [5, 5.41) is 4.39. The SMILES string of the molecule is O=C(c1cc2ncccn2n1)N(Cc1ccc(OCc2ccc(F)cc2)cc1)Cc1cccnc1. The van der Waals surface area contributed by atoms with Crippen LogP contribution in [-0.2, 0) is 19.7 Å². The van der Waals surface area contributed by atoms with E-state index < -0.39 is 0 Å². The van der Waals surface area contributed by atoms with Gasteiger partial charge in [0.15, 0.2) is 11.3 Å². The van der Waals surface area contributed by atoms with Gasteiger partial charge >= 0.3 is 0 Å². The standard InChI is InChI=1S/C27H22FN5O2/c28-23-8-4-21(5-9-23)19-35-24-10-6-20(7-11-24)17-32(18-22-3-1-12-29-16-22)27(34)25-15-26-30-13-2-14-33(26)31-25/h1-16H,17-19H2. The average Bonchev–Trinajstić information content (AvgIpc) is 3.33. The maximum absolute atomic E-state index is 13.4. The van der Waals surface area contributed by atoms with E-state index in [-0.39, 0.29) is 11.7 Å². The zero-order chi connectivity index (χ0) is 24.0. The van der Waals surface area contributed by atoms with E-state index in [0.717, 1.165) is 16.7 Å². The molecular weight excluding hydrogens is 445 g/mol. The highest BCUT2D eigenvalue weighted by atomic mass is 19.1. The number of pyridine rings is 1. The zero-order valence-corrected chi connectivity index (χ0v) is 18.8. The Hall–Kier alpha value is -4.59. The highest BCUT2D eigenvalue weighted by Crippen LogP contribution is 2.18. The Kier molecular flexibility index (Phi) is 6.43. The largest absolute Gasteiger partial charge is 0.489 e. The quantitative estimate of drug-likeness (QED) is 0.331. The molecule has 0 saturated carbocycles. The second-order valence-electron chi connectivity index (χ2n) is 8.03. The van der Waals surface area contributed by atoms with Crippen molar-refractivity contribution in [3.63, 3.8) is 0 Å². The molecule has 0 bridgehead atoms. The van der Waals surface area contributed by atoms with Crippen molar-refractivity contribution < 1.29 is 13.9 Å². The van der Waals surface area contributed by atoms with Crippen LogP contribution in [-0.4, -0.2) is 30.4 Å². The predicted octanol–water partition coefficient (Wildman–Crippen LogP) is 4.69. The van der Waals surface area contributed by atoms with Crippen molar-refractivity contribution in [1.82, 2.24) is 24.5 Å². The van der Waals surface area contributed by atoms with Gasteiger partial charge in [0.25, 0.3) is 5.91 Å². The van der Waals surface area contributed by atoms with Crippen LogP contribution >= 0.6 is 0 Å². The fraction of sp³-hybridized carbons (Fsp3) is 0.111. The van der Waals surface area contributed by atoms with Gasteiger partial charge < -0.3 is 9.64 Å². The molecule has 0 spiro atoms. The normalized spacial score (nSPS) is 10.9. The summed E-state index contributed by atoms with van der Waals surface area (Å²) < 4.78 is 20.5. The van der Waals surface area contributed by atoms with Gasteiger partial charge in [-0.2, -0.15) is 5.10 Å². The van der Waals surface area contributed by atoms with E-state index in [2.05, 4.69) is 15.1 Å². The lowest BCUT2D eigenvalue weighted by molar-refractivity contribution is 0.0723. The molecule has 0 aliphatic heterocycles. The Morgan fingerprint density at radius 1 is 0.914 bits per heavy atom. The predicted molar refractivity (Wildman–Crippen MR) is 128 cm³/mol. The van der Waals surface area contributed by atoms with Crippen molar-refractivity contribution in [3.05, 3.63) is 126 Å². The number of ether oxygens (including phenoxy) is 1. The third-order valence-corrected chi connectivity index (χ3v) is 5.45. The number of amides is 1. The van der Waals surface area contributed by atoms with Gasteiger partial charge in [0.1, 0.15) is 18.2 Å². The summed E-state index contributed by atoms with van der Waals surface area (Å²) in [5.41, 5.74) is 3.68. The lowest BCUT2D eigenvalue weighted by Crippen LogP contribution is -2.30. The van der Waals surface area contributed by atoms with Gasteiger partial charge in [0.2, 0.25) is 0 Å². The Morgan fingerprint density at radius 2 is 1.69 bits per heavy atom. The van der Waals surface area contributed by atoms with Crippen molar-refractivity contribution in [3.8, 4) is 5.75 Å². The minimum atomic E-state index is -0.275. The molecule has 0 radical (unpaired) electrons. The van der Waals surface area contributed by atoms with Crippen molar-refractivity contribution >= 4 is 11.6 Å². The highest BCUT2D eigenvalue weighted by Gasteiger charge is 2.20. The maximum atomic E-state index is 13.4. The van der Waals surface area contributed by atoms with Gasteiger partial charge in [-0.05, 0) is 53.1 Å². The van der Waals surface area contributed by atoms with Crippen LogP contribution in [0.1, 0.15) is 27.2 Å². The van der Waals surface area contributed by atoms with Crippen LogP contribution in [0.25, 0.3) is 5.65 Å². The molecule has 5 rings (SSSR count). The molecule has 8 heteroatoms. The van der Waals surface area contributed by atoms with Crippen molar-refractivity contribution in [2.45, 2.75) is 19.7 Å². The van der Waals surface area contributed by atoms with E-state index in [9.17, 15) is 9.18 Å². The number of fused-ring (bicyclic) bond motifs is 1. The van der Waals surface area contributed by atoms with Crippen LogP contribution < -0.4 is 4.74 Å². The molecule has 0 N–H and O–H groups in total. The number of carbonyl (C=O) groups is 1. The summed E-state index contributed by atoms with van der Waals surface area (Å²) in [6.07, 6.45) is 6.87. The monoisotopic (exact) mass is 467 g/mol. The van der Waals surface area contributed by atoms with Crippen molar-refractivity contribution in [1.29, 1.82) is 0 Å². The summed E-state index contributed by atoms with van der Waals surface area (Å²) in [6, 6.07) is 21.0. The fourth-order valence-corrected chi connectivity index (χ4v) is 3.67. The first kappa shape index (κ1) is 22.2. The van der Waals surface area contributed by atoms with Crippen LogP contribution in [0.2, 0.25) is 0 Å². The second kappa shape index (κ2) is 10.1. The smallest absolute Gasteiger partial charge is 0.275 e. The summed E-state index contributed by atoms with van der Waals surface area (Å²) in [7, 11) is 0. The molecule has 0 aliphatic carbocycles. The van der Waals surface area contributed by atoms with E-state index in [1.807, 2.05) is 36.4 Å². The first-order valence-electron chi connectivity index (χ1n) is 11.1. The van der Waals surface area contributed by atoms with Crippen LogP contribution in [0, 0.1) is 5.82 Å². The third kappa shape index (κ3) is 5.50. The third-order valence-electron chi connectivity index (χ3n) is 5.45. The molecule has 7 nitrogen and oxygen atoms in total. The summed E-state index contributed by atoms with van der Waals surface area (Å²) >= 11 is 0. The van der Waals surface area contributed by atoms with E-state index in [4.69, 9.17) is 4.74 Å². The van der Waals surface area contributed by atoms with E-state index in [1.165, 1.54) is 12.1 Å². The molecule has 35 heavy (non-hydrogen) atoms. The average molecular weight is 468 g/mol. The van der Waals surface area contributed by atoms with Crippen LogP contribution in [0.5, 0.6) is 5.75 Å². The molecular formula is C27H22FN5O2. The van der Waals surface area contributed by atoms with E-state index >= 15 is 0 Å².